The van der Waals surface area contributed by atoms with E-state index in [4.69, 9.17) is 4.74 Å². The van der Waals surface area contributed by atoms with E-state index in [1.54, 1.807) is 0 Å². The van der Waals surface area contributed by atoms with Gasteiger partial charge in [-0.3, -0.25) is 0 Å². The van der Waals surface area contributed by atoms with Crippen LogP contribution in [0.4, 0.5) is 0 Å². The number of aryl methyl sites for hydroxylation is 1. The van der Waals surface area contributed by atoms with Crippen molar-refractivity contribution in [2.45, 2.75) is 49.6 Å². The van der Waals surface area contributed by atoms with Crippen molar-refractivity contribution < 1.29 is 4.74 Å². The Balaban J connectivity index is 1.81. The lowest BCUT2D eigenvalue weighted by Gasteiger charge is -2.31. The highest BCUT2D eigenvalue weighted by molar-refractivity contribution is 9.09. The number of benzene rings is 1. The Morgan fingerprint density at radius 3 is 2.69 bits per heavy atom. The summed E-state index contributed by atoms with van der Waals surface area (Å²) in [7, 11) is 0. The van der Waals surface area contributed by atoms with Crippen molar-refractivity contribution in [3.8, 4) is 0 Å². The van der Waals surface area contributed by atoms with Crippen LogP contribution in [0.1, 0.15) is 31.7 Å². The Kier molecular flexibility index (Phi) is 4.42. The predicted octanol–water partition coefficient (Wildman–Crippen LogP) is 3.95. The molecule has 0 aromatic heterocycles. The second-order valence-electron chi connectivity index (χ2n) is 4.66. The number of rotatable bonds is 3. The van der Waals surface area contributed by atoms with Gasteiger partial charge in [-0.2, -0.15) is 0 Å². The lowest BCUT2D eigenvalue weighted by Crippen LogP contribution is -2.31. The van der Waals surface area contributed by atoms with Gasteiger partial charge in [0.2, 0.25) is 0 Å². The Morgan fingerprint density at radius 2 is 2.00 bits per heavy atom. The molecule has 88 valence electrons. The largest absolute Gasteiger partial charge is 0.375 e. The van der Waals surface area contributed by atoms with Crippen LogP contribution in [0.2, 0.25) is 0 Å². The van der Waals surface area contributed by atoms with Gasteiger partial charge in [0.1, 0.15) is 0 Å². The van der Waals surface area contributed by atoms with Crippen molar-refractivity contribution in [1.82, 2.24) is 0 Å². The van der Waals surface area contributed by atoms with Crippen LogP contribution in [-0.4, -0.2) is 17.0 Å². The fraction of sp³-hybridized carbons (Fsp3) is 0.571. The molecule has 1 aromatic rings. The van der Waals surface area contributed by atoms with Gasteiger partial charge in [0, 0.05) is 4.83 Å². The second-order valence-corrected chi connectivity index (χ2v) is 5.96. The Hall–Kier alpha value is -0.340. The molecule has 0 amide bonds. The van der Waals surface area contributed by atoms with E-state index in [1.165, 1.54) is 5.56 Å². The van der Waals surface area contributed by atoms with E-state index in [0.717, 1.165) is 25.7 Å². The van der Waals surface area contributed by atoms with Crippen molar-refractivity contribution in [1.29, 1.82) is 0 Å². The lowest BCUT2D eigenvalue weighted by atomic mass is 9.99. The summed E-state index contributed by atoms with van der Waals surface area (Å²) in [5.74, 6) is 0. The van der Waals surface area contributed by atoms with Gasteiger partial charge in [-0.25, -0.2) is 0 Å². The third-order valence-electron chi connectivity index (χ3n) is 3.13. The SMILES string of the molecule is C[C@@H]1C[C@H](Br)C[C@H](CCc2ccccc2)O1. The van der Waals surface area contributed by atoms with Crippen LogP contribution in [0.5, 0.6) is 0 Å². The average molecular weight is 283 g/mol. The minimum Gasteiger partial charge on any atom is -0.375 e. The minimum absolute atomic E-state index is 0.402. The predicted molar refractivity (Wildman–Crippen MR) is 71.0 cm³/mol. The van der Waals surface area contributed by atoms with Gasteiger partial charge < -0.3 is 4.74 Å². The van der Waals surface area contributed by atoms with Crippen LogP contribution < -0.4 is 0 Å². The first-order valence-corrected chi connectivity index (χ1v) is 6.99. The first-order chi connectivity index (χ1) is 7.74. The molecule has 0 bridgehead atoms. The Bertz CT molecular complexity index is 302. The number of ether oxygens (including phenoxy) is 1. The average Bonchev–Trinajstić information content (AvgIpc) is 2.27. The van der Waals surface area contributed by atoms with Crippen LogP contribution in [0, 0.1) is 0 Å². The molecule has 1 nitrogen and oxygen atoms in total. The monoisotopic (exact) mass is 282 g/mol. The summed E-state index contributed by atoms with van der Waals surface area (Å²) in [6, 6.07) is 10.7. The smallest absolute Gasteiger partial charge is 0.0592 e. The van der Waals surface area contributed by atoms with Crippen LogP contribution in [0.3, 0.4) is 0 Å². The molecule has 0 N–H and O–H groups in total. The summed E-state index contributed by atoms with van der Waals surface area (Å²) in [6.45, 7) is 2.17. The van der Waals surface area contributed by atoms with E-state index in [2.05, 4.69) is 53.2 Å². The lowest BCUT2D eigenvalue weighted by molar-refractivity contribution is -0.0394. The molecule has 0 spiro atoms. The van der Waals surface area contributed by atoms with E-state index < -0.39 is 0 Å². The molecule has 0 unspecified atom stereocenters. The first kappa shape index (κ1) is 12.1. The Morgan fingerprint density at radius 1 is 1.25 bits per heavy atom. The molecule has 1 aliphatic heterocycles. The maximum Gasteiger partial charge on any atom is 0.0592 e. The molecule has 16 heavy (non-hydrogen) atoms. The molecule has 2 rings (SSSR count). The van der Waals surface area contributed by atoms with Gasteiger partial charge in [-0.1, -0.05) is 46.3 Å². The van der Waals surface area contributed by atoms with Gasteiger partial charge in [0.05, 0.1) is 12.2 Å². The second kappa shape index (κ2) is 5.83. The molecule has 0 aliphatic carbocycles. The van der Waals surface area contributed by atoms with Crippen LogP contribution in [0.15, 0.2) is 30.3 Å². The molecule has 1 saturated heterocycles. The highest BCUT2D eigenvalue weighted by Crippen LogP contribution is 2.27. The Labute approximate surface area is 106 Å². The van der Waals surface area contributed by atoms with E-state index in [0.29, 0.717) is 17.0 Å². The quantitative estimate of drug-likeness (QED) is 0.763. The molecule has 2 heteroatoms. The van der Waals surface area contributed by atoms with Crippen LogP contribution in [0.25, 0.3) is 0 Å². The molecule has 0 radical (unpaired) electrons. The highest BCUT2D eigenvalue weighted by Gasteiger charge is 2.24. The van der Waals surface area contributed by atoms with E-state index in [9.17, 15) is 0 Å². The van der Waals surface area contributed by atoms with Crippen molar-refractivity contribution >= 4 is 15.9 Å². The maximum absolute atomic E-state index is 5.95. The van der Waals surface area contributed by atoms with Crippen molar-refractivity contribution in [3.05, 3.63) is 35.9 Å². The number of halogens is 1. The summed E-state index contributed by atoms with van der Waals surface area (Å²) in [5, 5.41) is 0. The molecule has 1 fully saturated rings. The summed E-state index contributed by atoms with van der Waals surface area (Å²) >= 11 is 3.72. The van der Waals surface area contributed by atoms with Gasteiger partial charge in [0.25, 0.3) is 0 Å². The molecule has 1 aliphatic rings. The van der Waals surface area contributed by atoms with Gasteiger partial charge in [0.15, 0.2) is 0 Å². The maximum atomic E-state index is 5.95. The van der Waals surface area contributed by atoms with Crippen molar-refractivity contribution in [2.75, 3.05) is 0 Å². The summed E-state index contributed by atoms with van der Waals surface area (Å²) in [6.07, 6.45) is 5.38. The molecule has 0 saturated carbocycles. The first-order valence-electron chi connectivity index (χ1n) is 6.07. The summed E-state index contributed by atoms with van der Waals surface area (Å²) < 4.78 is 5.95. The third kappa shape index (κ3) is 3.60. The summed E-state index contributed by atoms with van der Waals surface area (Å²) in [4.78, 5) is 0.636. The number of hydrogen-bond donors (Lipinski definition) is 0. The van der Waals surface area contributed by atoms with Crippen LogP contribution in [-0.2, 0) is 11.2 Å². The molecular weight excluding hydrogens is 264 g/mol. The topological polar surface area (TPSA) is 9.23 Å². The third-order valence-corrected chi connectivity index (χ3v) is 3.88. The van der Waals surface area contributed by atoms with Gasteiger partial charge in [-0.05, 0) is 38.2 Å². The zero-order valence-electron chi connectivity index (χ0n) is 9.73. The van der Waals surface area contributed by atoms with Crippen molar-refractivity contribution in [3.63, 3.8) is 0 Å². The molecule has 1 aromatic carbocycles. The fourth-order valence-electron chi connectivity index (χ4n) is 2.34. The van der Waals surface area contributed by atoms with E-state index >= 15 is 0 Å². The molecular formula is C14H19BrO. The number of hydrogen-bond acceptors (Lipinski definition) is 1. The van der Waals surface area contributed by atoms with E-state index in [-0.39, 0.29) is 0 Å². The summed E-state index contributed by atoms with van der Waals surface area (Å²) in [5.41, 5.74) is 1.41. The number of alkyl halides is 1. The normalized spacial score (nSPS) is 30.2. The van der Waals surface area contributed by atoms with Gasteiger partial charge >= 0.3 is 0 Å². The van der Waals surface area contributed by atoms with Crippen LogP contribution >= 0.6 is 15.9 Å². The fourth-order valence-corrected chi connectivity index (χ4v) is 3.28. The highest BCUT2D eigenvalue weighted by atomic mass is 79.9. The molecule has 1 heterocycles. The molecule has 3 atom stereocenters. The zero-order chi connectivity index (χ0) is 11.4. The van der Waals surface area contributed by atoms with Gasteiger partial charge in [-0.15, -0.1) is 0 Å². The standard InChI is InChI=1S/C14H19BrO/c1-11-9-13(15)10-14(16-11)8-7-12-5-3-2-4-6-12/h2-6,11,13-14H,7-10H2,1H3/t11-,13+,14+/m1/s1. The van der Waals surface area contributed by atoms with Crippen molar-refractivity contribution in [2.24, 2.45) is 0 Å². The van der Waals surface area contributed by atoms with E-state index in [1.807, 2.05) is 0 Å². The minimum atomic E-state index is 0.402. The zero-order valence-corrected chi connectivity index (χ0v) is 11.3.